The molecule has 4 aliphatic rings. The Morgan fingerprint density at radius 2 is 0.662 bits per heavy atom. The van der Waals surface area contributed by atoms with Crippen LogP contribution in [0.3, 0.4) is 0 Å². The lowest BCUT2D eigenvalue weighted by Crippen LogP contribution is -2.44. The van der Waals surface area contributed by atoms with Crippen LogP contribution < -0.4 is 30.7 Å². The molecule has 0 radical (unpaired) electrons. The summed E-state index contributed by atoms with van der Waals surface area (Å²) in [5, 5.41) is 38.6. The molecule has 12 aromatic heterocycles. The van der Waals surface area contributed by atoms with Crippen LogP contribution in [0.1, 0.15) is 18.1 Å². The van der Waals surface area contributed by atoms with E-state index in [1.54, 1.807) is 12.4 Å². The zero-order chi connectivity index (χ0) is 87.9. The Morgan fingerprint density at radius 3 is 1.02 bits per heavy atom. The standard InChI is InChI=1S/C27H30N8.C25H25N7.C24H24N8.C24H23N7/c1-3-28-15-18-13-20(17-29-16-18)19-7-8-22-21(14-19)25(33-32-22)27-30-23-5-4-6-24(26(23)31-27)35-11-9-34(2)10-12-35;1-16-8-9-26-15-19(16)17-6-7-20-18(14-17)23(30-29-20)25-27-21-4-3-5-22(24(21)28-25)32-12-10-31(2)11-13-32;1-31-7-9-32(10-8-31)21-4-2-3-20-23(21)28-24(27-20)22-18-12-15(5-6-19(18)29-30-22)16-11-17(25)14-26-13-16;1-30-10-12-31(13-11-30)21-6-2-5-20-23(21)27-24(26-20)22-18-14-16(7-8-19(18)28-29-22)17-4-3-9-25-15-17/h4-8,13-14,16-17,28H,3,9-12,15H2,1-2H3,(H,30,31)(H,32,33);3-9,14-15H,10-13H2,1-2H3,(H,27,28)(H,29,30);2-6,11-14H,7-10,25H2,1H3,(H,27,28)(H,29,30);2-9,14-15H,10-13H2,1H3,(H,26,27)(H,28,29). The van der Waals surface area contributed by atoms with Crippen LogP contribution in [0.4, 0.5) is 28.4 Å². The van der Waals surface area contributed by atoms with Crippen molar-refractivity contribution in [3.8, 4) is 90.6 Å². The van der Waals surface area contributed by atoms with Gasteiger partial charge >= 0.3 is 0 Å². The molecule has 4 aliphatic heterocycles. The topological polar surface area (TPSA) is 345 Å². The van der Waals surface area contributed by atoms with Crippen molar-refractivity contribution in [1.29, 1.82) is 0 Å². The van der Waals surface area contributed by atoms with Gasteiger partial charge in [0.1, 0.15) is 44.8 Å². The van der Waals surface area contributed by atoms with Crippen molar-refractivity contribution in [1.82, 2.24) is 126 Å². The van der Waals surface area contributed by atoms with Gasteiger partial charge in [0.05, 0.1) is 72.6 Å². The van der Waals surface area contributed by atoms with Crippen molar-refractivity contribution in [3.63, 3.8) is 0 Å². The number of nitrogens with zero attached hydrogens (tertiary/aromatic N) is 20. The zero-order valence-electron chi connectivity index (χ0n) is 73.6. The van der Waals surface area contributed by atoms with Gasteiger partial charge in [-0.3, -0.25) is 40.3 Å². The van der Waals surface area contributed by atoms with Gasteiger partial charge in [-0.25, -0.2) is 19.9 Å². The van der Waals surface area contributed by atoms with E-state index in [9.17, 15) is 0 Å². The van der Waals surface area contributed by atoms with Crippen LogP contribution >= 0.6 is 0 Å². The van der Waals surface area contributed by atoms with Gasteiger partial charge in [0.15, 0.2) is 23.3 Å². The Balaban J connectivity index is 0.000000105. The minimum atomic E-state index is 0.642. The number of rotatable bonds is 15. The molecule has 24 rings (SSSR count). The molecule has 8 aromatic carbocycles. The number of nitrogens with one attached hydrogen (secondary N) is 9. The minimum absolute atomic E-state index is 0.642. The average molecular weight is 1720 g/mol. The number of aromatic amines is 8. The Hall–Kier alpha value is -15.1. The lowest BCUT2D eigenvalue weighted by Gasteiger charge is -2.34. The summed E-state index contributed by atoms with van der Waals surface area (Å²) >= 11 is 0. The molecule has 30 heteroatoms. The number of likely N-dealkylation sites (N-methyl/N-ethyl adjacent to an activating group) is 4. The summed E-state index contributed by atoms with van der Waals surface area (Å²) in [6.07, 6.45) is 14.7. The van der Waals surface area contributed by atoms with Gasteiger partial charge in [0.2, 0.25) is 0 Å². The number of hydrogen-bond donors (Lipinski definition) is 10. The van der Waals surface area contributed by atoms with Crippen LogP contribution in [0.5, 0.6) is 0 Å². The van der Waals surface area contributed by atoms with Crippen LogP contribution in [-0.2, 0) is 6.54 Å². The van der Waals surface area contributed by atoms with E-state index in [-0.39, 0.29) is 0 Å². The number of anilines is 5. The number of pyridine rings is 4. The highest BCUT2D eigenvalue weighted by atomic mass is 15.3. The van der Waals surface area contributed by atoms with Gasteiger partial charge in [-0.05, 0) is 196 Å². The first kappa shape index (κ1) is 81.9. The highest BCUT2D eigenvalue weighted by Crippen LogP contribution is 2.40. The van der Waals surface area contributed by atoms with Crippen molar-refractivity contribution in [3.05, 3.63) is 237 Å². The molecule has 0 aliphatic carbocycles. The number of imidazole rings is 4. The van der Waals surface area contributed by atoms with Gasteiger partial charge in [-0.2, -0.15) is 20.4 Å². The molecule has 11 N–H and O–H groups in total. The first-order valence-corrected chi connectivity index (χ1v) is 44.6. The molecule has 4 saturated heterocycles. The smallest absolute Gasteiger partial charge is 0.159 e. The molecule has 0 atom stereocenters. The maximum atomic E-state index is 5.93. The van der Waals surface area contributed by atoms with Crippen molar-refractivity contribution in [2.45, 2.75) is 20.4 Å². The van der Waals surface area contributed by atoms with Gasteiger partial charge < -0.3 is 70.2 Å². The second-order valence-corrected chi connectivity index (χ2v) is 34.3. The van der Waals surface area contributed by atoms with E-state index in [2.05, 4.69) is 313 Å². The summed E-state index contributed by atoms with van der Waals surface area (Å²) in [6, 6.07) is 60.8. The Labute approximate surface area is 749 Å². The summed E-state index contributed by atoms with van der Waals surface area (Å²) in [7, 11) is 8.69. The van der Waals surface area contributed by atoms with Crippen LogP contribution in [0, 0.1) is 6.92 Å². The van der Waals surface area contributed by atoms with Gasteiger partial charge in [0.25, 0.3) is 0 Å². The summed E-state index contributed by atoms with van der Waals surface area (Å²) in [6.45, 7) is 22.5. The Kier molecular flexibility index (Phi) is 22.5. The molecular formula is C100H102N30. The second-order valence-electron chi connectivity index (χ2n) is 34.3. The number of piperazine rings is 4. The number of para-hydroxylation sites is 4. The summed E-state index contributed by atoms with van der Waals surface area (Å²) < 4.78 is 0. The SMILES string of the molecule is CCNCc1cncc(-c2ccc3[nH]nc(-c4nc5c(N6CCN(C)CC6)cccc5[nH]4)c3c2)c1.CN1CCN(c2cccc3[nH]c(-c4n[nH]c5ccc(-c6cccnc6)cc45)nc23)CC1.CN1CCN(c2cccc3[nH]c(-c4n[nH]c5ccc(-c6cncc(N)c6)cc45)nc23)CC1.Cc1ccncc1-c1ccc2[nH]nc(-c3nc4c(N5CCN(C)CC5)cccc4[nH]3)c2c1. The van der Waals surface area contributed by atoms with Gasteiger partial charge in [-0.15, -0.1) is 0 Å². The highest BCUT2D eigenvalue weighted by molar-refractivity contribution is 6.03. The molecule has 16 heterocycles. The molecule has 0 unspecified atom stereocenters. The molecule has 130 heavy (non-hydrogen) atoms. The fourth-order valence-corrected chi connectivity index (χ4v) is 18.1. The zero-order valence-corrected chi connectivity index (χ0v) is 73.6. The maximum absolute atomic E-state index is 5.93. The molecule has 20 aromatic rings. The minimum Gasteiger partial charge on any atom is -0.397 e. The third-order valence-corrected chi connectivity index (χ3v) is 25.6. The van der Waals surface area contributed by atoms with E-state index >= 15 is 0 Å². The maximum Gasteiger partial charge on any atom is 0.159 e. The summed E-state index contributed by atoms with van der Waals surface area (Å²) in [5.74, 6) is 3.11. The van der Waals surface area contributed by atoms with Crippen LogP contribution in [-0.4, -0.2) is 260 Å². The van der Waals surface area contributed by atoms with Gasteiger partial charge in [-0.1, -0.05) is 61.5 Å². The number of hydrogen-bond acceptors (Lipinski definition) is 22. The summed E-state index contributed by atoms with van der Waals surface area (Å²) in [5.41, 5.74) is 37.7. The van der Waals surface area contributed by atoms with Crippen LogP contribution in [0.2, 0.25) is 0 Å². The third-order valence-electron chi connectivity index (χ3n) is 25.6. The van der Waals surface area contributed by atoms with E-state index in [4.69, 9.17) is 25.7 Å². The molecule has 652 valence electrons. The number of aromatic nitrogens is 20. The quantitative estimate of drug-likeness (QED) is 0.0456. The van der Waals surface area contributed by atoms with Crippen molar-refractivity contribution < 1.29 is 0 Å². The first-order chi connectivity index (χ1) is 63.8. The summed E-state index contributed by atoms with van der Waals surface area (Å²) in [4.78, 5) is 70.4. The molecule has 0 amide bonds. The predicted molar refractivity (Wildman–Crippen MR) is 523 cm³/mol. The normalized spacial score (nSPS) is 15.1. The van der Waals surface area contributed by atoms with Crippen molar-refractivity contribution in [2.24, 2.45) is 0 Å². The molecule has 0 bridgehead atoms. The number of nitrogens with two attached hydrogens (primary N) is 1. The van der Waals surface area contributed by atoms with E-state index in [1.807, 2.05) is 67.5 Å². The molecule has 0 saturated carbocycles. The molecular weight excluding hydrogens is 1620 g/mol. The second kappa shape index (κ2) is 35.6. The van der Waals surface area contributed by atoms with E-state index in [1.165, 1.54) is 33.9 Å². The lowest BCUT2D eigenvalue weighted by atomic mass is 10.0. The number of nitrogen functional groups attached to an aromatic ring is 1. The molecule has 30 nitrogen and oxygen atoms in total. The van der Waals surface area contributed by atoms with Crippen LogP contribution in [0.15, 0.2) is 225 Å². The van der Waals surface area contributed by atoms with E-state index < -0.39 is 0 Å². The fraction of sp³-hybridized carbons (Fsp3) is 0.240. The number of aryl methyl sites for hydroxylation is 1. The van der Waals surface area contributed by atoms with Crippen molar-refractivity contribution in [2.75, 3.05) is 165 Å². The van der Waals surface area contributed by atoms with Crippen molar-refractivity contribution >= 4 is 116 Å². The van der Waals surface area contributed by atoms with Gasteiger partial charge in [0, 0.05) is 205 Å². The number of benzene rings is 8. The molecule has 4 fully saturated rings. The monoisotopic (exact) mass is 1720 g/mol. The van der Waals surface area contributed by atoms with E-state index in [0.29, 0.717) is 5.69 Å². The number of fused-ring (bicyclic) bond motifs is 8. The largest absolute Gasteiger partial charge is 0.397 e. The van der Waals surface area contributed by atoms with E-state index in [0.717, 1.165) is 296 Å². The highest BCUT2D eigenvalue weighted by Gasteiger charge is 2.27. The number of H-pyrrole nitrogens is 8. The third kappa shape index (κ3) is 16.6. The predicted octanol–water partition coefficient (Wildman–Crippen LogP) is 15.7. The molecule has 0 spiro atoms. The first-order valence-electron chi connectivity index (χ1n) is 44.6. The fourth-order valence-electron chi connectivity index (χ4n) is 18.1. The Bertz CT molecular complexity index is 7440. The van der Waals surface area contributed by atoms with Crippen LogP contribution in [0.25, 0.3) is 178 Å². The Morgan fingerprint density at radius 1 is 0.315 bits per heavy atom. The average Bonchev–Trinajstić information content (AvgIpc) is 1.63. The lowest BCUT2D eigenvalue weighted by molar-refractivity contribution is 0.313.